The van der Waals surface area contributed by atoms with E-state index in [0.717, 1.165) is 23.0 Å². The van der Waals surface area contributed by atoms with Crippen molar-refractivity contribution >= 4 is 49.9 Å². The van der Waals surface area contributed by atoms with Crippen molar-refractivity contribution in [1.82, 2.24) is 4.98 Å². The fourth-order valence-corrected chi connectivity index (χ4v) is 3.72. The van der Waals surface area contributed by atoms with Gasteiger partial charge in [0.15, 0.2) is 5.13 Å². The highest BCUT2D eigenvalue weighted by molar-refractivity contribution is 9.10. The third-order valence-electron chi connectivity index (χ3n) is 2.99. The summed E-state index contributed by atoms with van der Waals surface area (Å²) in [5, 5.41) is 4.04. The Kier molecular flexibility index (Phi) is 3.60. The molecule has 1 amide bonds. The minimum atomic E-state index is -0.193. The molecular weight excluding hydrogens is 348 g/mol. The molecule has 3 rings (SSSR count). The summed E-state index contributed by atoms with van der Waals surface area (Å²) in [6.07, 6.45) is 3.26. The number of rotatable bonds is 2. The van der Waals surface area contributed by atoms with E-state index in [-0.39, 0.29) is 5.91 Å². The molecule has 0 aliphatic heterocycles. The largest absolute Gasteiger partial charge is 0.298 e. The van der Waals surface area contributed by atoms with Gasteiger partial charge < -0.3 is 0 Å². The first-order chi connectivity index (χ1) is 9.13. The van der Waals surface area contributed by atoms with Crippen LogP contribution in [0.25, 0.3) is 0 Å². The average Bonchev–Trinajstić information content (AvgIpc) is 2.92. The molecule has 1 N–H and O–H groups in total. The van der Waals surface area contributed by atoms with Gasteiger partial charge in [-0.2, -0.15) is 0 Å². The van der Waals surface area contributed by atoms with Crippen LogP contribution in [0.4, 0.5) is 5.13 Å². The molecule has 1 aliphatic carbocycles. The number of hydrogen-bond donors (Lipinski definition) is 1. The number of benzene rings is 1. The smallest absolute Gasteiger partial charge is 0.258 e. The second kappa shape index (κ2) is 5.23. The van der Waals surface area contributed by atoms with Crippen LogP contribution in [0.3, 0.4) is 0 Å². The molecule has 0 radical (unpaired) electrons. The number of anilines is 1. The summed E-state index contributed by atoms with van der Waals surface area (Å²) in [6.45, 7) is 0. The molecule has 0 saturated carbocycles. The maximum Gasteiger partial charge on any atom is 0.258 e. The zero-order valence-electron chi connectivity index (χ0n) is 9.87. The summed E-state index contributed by atoms with van der Waals surface area (Å²) in [5.41, 5.74) is 1.65. The van der Waals surface area contributed by atoms with Crippen LogP contribution in [-0.2, 0) is 12.8 Å². The topological polar surface area (TPSA) is 42.0 Å². The van der Waals surface area contributed by atoms with Crippen LogP contribution in [0.2, 0.25) is 5.02 Å². The van der Waals surface area contributed by atoms with E-state index in [9.17, 15) is 4.79 Å². The van der Waals surface area contributed by atoms with Gasteiger partial charge in [0.2, 0.25) is 0 Å². The number of aromatic nitrogens is 1. The number of halogens is 2. The van der Waals surface area contributed by atoms with Crippen LogP contribution in [0.5, 0.6) is 0 Å². The monoisotopic (exact) mass is 356 g/mol. The fourth-order valence-electron chi connectivity index (χ4n) is 2.08. The van der Waals surface area contributed by atoms with Crippen molar-refractivity contribution in [3.63, 3.8) is 0 Å². The van der Waals surface area contributed by atoms with Crippen LogP contribution < -0.4 is 5.32 Å². The first-order valence-corrected chi connectivity index (χ1v) is 7.87. The molecule has 6 heteroatoms. The number of aryl methyl sites for hydroxylation is 2. The molecule has 1 aliphatic rings. The molecular formula is C13H10BrClN2OS. The molecule has 1 aromatic carbocycles. The molecule has 0 saturated heterocycles. The zero-order chi connectivity index (χ0) is 13.4. The molecule has 2 aromatic rings. The Bertz CT molecular complexity index is 635. The van der Waals surface area contributed by atoms with Crippen LogP contribution in [0.15, 0.2) is 22.7 Å². The number of amides is 1. The molecule has 0 fully saturated rings. The second-order valence-electron chi connectivity index (χ2n) is 4.32. The third kappa shape index (κ3) is 2.68. The Morgan fingerprint density at radius 1 is 1.42 bits per heavy atom. The van der Waals surface area contributed by atoms with Crippen LogP contribution in [0.1, 0.15) is 27.3 Å². The van der Waals surface area contributed by atoms with Crippen molar-refractivity contribution in [2.45, 2.75) is 19.3 Å². The molecule has 1 aromatic heterocycles. The number of thiazole rings is 1. The van der Waals surface area contributed by atoms with E-state index in [4.69, 9.17) is 11.6 Å². The Morgan fingerprint density at radius 2 is 2.26 bits per heavy atom. The maximum absolute atomic E-state index is 12.2. The summed E-state index contributed by atoms with van der Waals surface area (Å²) >= 11 is 10.8. The van der Waals surface area contributed by atoms with Gasteiger partial charge in [-0.25, -0.2) is 4.98 Å². The van der Waals surface area contributed by atoms with Gasteiger partial charge in [0.1, 0.15) is 0 Å². The van der Waals surface area contributed by atoms with E-state index < -0.39 is 0 Å². The van der Waals surface area contributed by atoms with E-state index in [2.05, 4.69) is 26.2 Å². The normalized spacial score (nSPS) is 13.4. The lowest BCUT2D eigenvalue weighted by Crippen LogP contribution is -2.12. The van der Waals surface area contributed by atoms with Crippen molar-refractivity contribution in [3.05, 3.63) is 43.8 Å². The van der Waals surface area contributed by atoms with Crippen LogP contribution in [0, 0.1) is 0 Å². The quantitative estimate of drug-likeness (QED) is 0.870. The Labute approximate surface area is 128 Å². The van der Waals surface area contributed by atoms with E-state index in [0.29, 0.717) is 15.7 Å². The highest BCUT2D eigenvalue weighted by atomic mass is 79.9. The summed E-state index contributed by atoms with van der Waals surface area (Å²) < 4.78 is 0.721. The molecule has 1 heterocycles. The van der Waals surface area contributed by atoms with Crippen molar-refractivity contribution in [3.8, 4) is 0 Å². The first-order valence-electron chi connectivity index (χ1n) is 5.88. The molecule has 0 bridgehead atoms. The molecule has 0 atom stereocenters. The maximum atomic E-state index is 12.2. The standard InChI is InChI=1S/C13H10BrClN2OS/c14-9-5-4-7(15)6-8(9)12(18)17-13-16-10-2-1-3-11(10)19-13/h4-6H,1-3H2,(H,16,17,18). The number of hydrogen-bond acceptors (Lipinski definition) is 3. The highest BCUT2D eigenvalue weighted by Gasteiger charge is 2.19. The average molecular weight is 358 g/mol. The SMILES string of the molecule is O=C(Nc1nc2c(s1)CCC2)c1cc(Cl)ccc1Br. The number of carbonyl (C=O) groups excluding carboxylic acids is 1. The number of carbonyl (C=O) groups is 1. The minimum absolute atomic E-state index is 0.193. The van der Waals surface area contributed by atoms with E-state index in [1.54, 1.807) is 29.5 Å². The first kappa shape index (κ1) is 13.1. The Morgan fingerprint density at radius 3 is 3.05 bits per heavy atom. The summed E-state index contributed by atoms with van der Waals surface area (Å²) in [6, 6.07) is 5.14. The van der Waals surface area contributed by atoms with Crippen LogP contribution in [-0.4, -0.2) is 10.9 Å². The number of fused-ring (bicyclic) bond motifs is 1. The van der Waals surface area contributed by atoms with Gasteiger partial charge in [0.05, 0.1) is 11.3 Å². The lowest BCUT2D eigenvalue weighted by Gasteiger charge is -2.04. The summed E-state index contributed by atoms with van der Waals surface area (Å²) in [7, 11) is 0. The highest BCUT2D eigenvalue weighted by Crippen LogP contribution is 2.31. The van der Waals surface area contributed by atoms with Gasteiger partial charge >= 0.3 is 0 Å². The van der Waals surface area contributed by atoms with Crippen molar-refractivity contribution in [2.75, 3.05) is 5.32 Å². The predicted molar refractivity (Wildman–Crippen MR) is 81.2 cm³/mol. The van der Waals surface area contributed by atoms with Gasteiger partial charge in [0, 0.05) is 14.4 Å². The molecule has 19 heavy (non-hydrogen) atoms. The Hall–Kier alpha value is -0.910. The van der Waals surface area contributed by atoms with Gasteiger partial charge in [-0.1, -0.05) is 11.6 Å². The van der Waals surface area contributed by atoms with E-state index >= 15 is 0 Å². The minimum Gasteiger partial charge on any atom is -0.298 e. The van der Waals surface area contributed by atoms with Gasteiger partial charge in [0.25, 0.3) is 5.91 Å². The van der Waals surface area contributed by atoms with Gasteiger partial charge in [-0.3, -0.25) is 10.1 Å². The number of nitrogens with one attached hydrogen (secondary N) is 1. The summed E-state index contributed by atoms with van der Waals surface area (Å²) in [4.78, 5) is 17.9. The van der Waals surface area contributed by atoms with Gasteiger partial charge in [-0.05, 0) is 53.4 Å². The molecule has 0 unspecified atom stereocenters. The van der Waals surface area contributed by atoms with Crippen molar-refractivity contribution in [2.24, 2.45) is 0 Å². The number of nitrogens with zero attached hydrogens (tertiary/aromatic N) is 1. The van der Waals surface area contributed by atoms with Crippen LogP contribution >= 0.6 is 38.9 Å². The molecule has 0 spiro atoms. The summed E-state index contributed by atoms with van der Waals surface area (Å²) in [5.74, 6) is -0.193. The second-order valence-corrected chi connectivity index (χ2v) is 6.70. The fraction of sp³-hybridized carbons (Fsp3) is 0.231. The van der Waals surface area contributed by atoms with E-state index in [1.165, 1.54) is 11.3 Å². The molecule has 98 valence electrons. The Balaban J connectivity index is 1.82. The predicted octanol–water partition coefficient (Wildman–Crippen LogP) is 4.30. The van der Waals surface area contributed by atoms with Gasteiger partial charge in [-0.15, -0.1) is 11.3 Å². The van der Waals surface area contributed by atoms with Crippen molar-refractivity contribution < 1.29 is 4.79 Å². The van der Waals surface area contributed by atoms with Crippen molar-refractivity contribution in [1.29, 1.82) is 0 Å². The molecule has 3 nitrogen and oxygen atoms in total. The van der Waals surface area contributed by atoms with E-state index in [1.807, 2.05) is 0 Å². The lowest BCUT2D eigenvalue weighted by molar-refractivity contribution is 0.102. The third-order valence-corrected chi connectivity index (χ3v) is 4.99. The zero-order valence-corrected chi connectivity index (χ0v) is 13.0. The lowest BCUT2D eigenvalue weighted by atomic mass is 10.2.